The number of nitrogens with two attached hydrogens (primary N) is 1. The Morgan fingerprint density at radius 1 is 1.30 bits per heavy atom. The molecule has 0 aliphatic carbocycles. The molecule has 0 aromatic carbocycles. The van der Waals surface area contributed by atoms with E-state index in [4.69, 9.17) is 15.7 Å². The van der Waals surface area contributed by atoms with E-state index in [0.29, 0.717) is 11.9 Å². The van der Waals surface area contributed by atoms with Gasteiger partial charge in [-0.2, -0.15) is 0 Å². The highest BCUT2D eigenvalue weighted by molar-refractivity contribution is 5.85. The van der Waals surface area contributed by atoms with Crippen molar-refractivity contribution in [3.63, 3.8) is 0 Å². The summed E-state index contributed by atoms with van der Waals surface area (Å²) in [7, 11) is 0. The van der Waals surface area contributed by atoms with Crippen LogP contribution in [0, 0.1) is 0 Å². The number of rotatable bonds is 5. The van der Waals surface area contributed by atoms with Gasteiger partial charge >= 0.3 is 0 Å². The van der Waals surface area contributed by atoms with Gasteiger partial charge in [-0.3, -0.25) is 9.80 Å². The molecule has 2 heterocycles. The predicted octanol–water partition coefficient (Wildman–Crippen LogP) is 0.698. The third kappa shape index (κ3) is 3.84. The van der Waals surface area contributed by atoms with Gasteiger partial charge < -0.3 is 15.7 Å². The van der Waals surface area contributed by atoms with Crippen LogP contribution in [0.2, 0.25) is 0 Å². The van der Waals surface area contributed by atoms with E-state index in [1.807, 2.05) is 0 Å². The summed E-state index contributed by atoms with van der Waals surface area (Å²) < 4.78 is 5.43. The molecule has 0 bridgehead atoms. The highest BCUT2D eigenvalue weighted by Gasteiger charge is 2.29. The van der Waals surface area contributed by atoms with Gasteiger partial charge in [0.1, 0.15) is 0 Å². The van der Waals surface area contributed by atoms with Crippen LogP contribution < -0.4 is 5.73 Å². The fraction of sp³-hybridized carbons (Fsp3) is 0.929. The van der Waals surface area contributed by atoms with Crippen molar-refractivity contribution in [2.45, 2.75) is 44.7 Å². The van der Waals surface area contributed by atoms with Gasteiger partial charge in [0, 0.05) is 45.4 Å². The number of piperazine rings is 1. The van der Waals surface area contributed by atoms with Crippen LogP contribution in [0.3, 0.4) is 0 Å². The number of oxime groups is 1. The first kappa shape index (κ1) is 15.5. The van der Waals surface area contributed by atoms with Gasteiger partial charge in [-0.15, -0.1) is 0 Å². The lowest BCUT2D eigenvalue weighted by Crippen LogP contribution is -2.56. The molecule has 1 unspecified atom stereocenters. The fourth-order valence-electron chi connectivity index (χ4n) is 3.32. The number of hydrogen-bond acceptors (Lipinski definition) is 5. The van der Waals surface area contributed by atoms with Crippen molar-refractivity contribution in [1.82, 2.24) is 9.80 Å². The smallest absolute Gasteiger partial charge is 0.156 e. The second kappa shape index (κ2) is 7.81. The van der Waals surface area contributed by atoms with Crippen molar-refractivity contribution in [1.29, 1.82) is 0 Å². The molecule has 0 amide bonds. The molecule has 3 N–H and O–H groups in total. The fourth-order valence-corrected chi connectivity index (χ4v) is 3.32. The molecular weight excluding hydrogens is 256 g/mol. The van der Waals surface area contributed by atoms with Gasteiger partial charge in [0.15, 0.2) is 5.84 Å². The lowest BCUT2D eigenvalue weighted by atomic mass is 10.0. The maximum atomic E-state index is 8.93. The first-order chi connectivity index (χ1) is 9.76. The maximum absolute atomic E-state index is 8.93. The average molecular weight is 284 g/mol. The summed E-state index contributed by atoms with van der Waals surface area (Å²) in [5, 5.41) is 12.1. The predicted molar refractivity (Wildman–Crippen MR) is 79.1 cm³/mol. The lowest BCUT2D eigenvalue weighted by molar-refractivity contribution is 0.0102. The van der Waals surface area contributed by atoms with Crippen LogP contribution in [0.4, 0.5) is 0 Å². The maximum Gasteiger partial charge on any atom is 0.156 e. The Labute approximate surface area is 121 Å². The summed E-state index contributed by atoms with van der Waals surface area (Å²) in [4.78, 5) is 4.93. The molecule has 2 fully saturated rings. The van der Waals surface area contributed by atoms with Crippen molar-refractivity contribution >= 4 is 5.84 Å². The van der Waals surface area contributed by atoms with Crippen LogP contribution in [-0.2, 0) is 4.74 Å². The molecule has 2 rings (SSSR count). The Balaban J connectivity index is 1.85. The van der Waals surface area contributed by atoms with Crippen molar-refractivity contribution in [3.8, 4) is 0 Å². The summed E-state index contributed by atoms with van der Waals surface area (Å²) in [5.74, 6) is 0.353. The third-order valence-corrected chi connectivity index (χ3v) is 4.52. The molecular formula is C14H28N4O2. The molecule has 0 radical (unpaired) electrons. The Bertz CT molecular complexity index is 310. The van der Waals surface area contributed by atoms with E-state index in [2.05, 4.69) is 21.9 Å². The van der Waals surface area contributed by atoms with Crippen LogP contribution in [0.5, 0.6) is 0 Å². The average Bonchev–Trinajstić information content (AvgIpc) is 2.53. The molecule has 2 aliphatic rings. The van der Waals surface area contributed by atoms with E-state index in [-0.39, 0.29) is 6.04 Å². The first-order valence-electron chi connectivity index (χ1n) is 7.79. The minimum Gasteiger partial charge on any atom is -0.409 e. The minimum absolute atomic E-state index is 0.0850. The Hall–Kier alpha value is -0.850. The second-order valence-corrected chi connectivity index (χ2v) is 5.74. The van der Waals surface area contributed by atoms with Crippen molar-refractivity contribution in [2.75, 3.05) is 39.4 Å². The third-order valence-electron chi connectivity index (χ3n) is 4.52. The van der Waals surface area contributed by atoms with Gasteiger partial charge in [0.2, 0.25) is 0 Å². The summed E-state index contributed by atoms with van der Waals surface area (Å²) in [6, 6.07) is 0.765. The molecule has 6 nitrogen and oxygen atoms in total. The number of hydrogen-bond donors (Lipinski definition) is 2. The summed E-state index contributed by atoms with van der Waals surface area (Å²) >= 11 is 0. The van der Waals surface area contributed by atoms with Gasteiger partial charge in [-0.1, -0.05) is 18.5 Å². The SMILES string of the molecule is CCCC(C(N)=NO)N1CCN(C2CCOCC2)CC1. The lowest BCUT2D eigenvalue weighted by Gasteiger charge is -2.42. The first-order valence-corrected chi connectivity index (χ1v) is 7.79. The molecule has 116 valence electrons. The van der Waals surface area contributed by atoms with Crippen LogP contribution in [0.15, 0.2) is 5.16 Å². The highest BCUT2D eigenvalue weighted by Crippen LogP contribution is 2.18. The number of ether oxygens (including phenoxy) is 1. The van der Waals surface area contributed by atoms with E-state index in [0.717, 1.165) is 65.1 Å². The molecule has 2 aliphatic heterocycles. The molecule has 0 saturated carbocycles. The zero-order valence-corrected chi connectivity index (χ0v) is 12.5. The molecule has 20 heavy (non-hydrogen) atoms. The van der Waals surface area contributed by atoms with Crippen molar-refractivity contribution in [3.05, 3.63) is 0 Å². The molecule has 0 spiro atoms. The van der Waals surface area contributed by atoms with Crippen molar-refractivity contribution < 1.29 is 9.94 Å². The quantitative estimate of drug-likeness (QED) is 0.336. The van der Waals surface area contributed by atoms with E-state index >= 15 is 0 Å². The van der Waals surface area contributed by atoms with Gasteiger partial charge in [0.25, 0.3) is 0 Å². The second-order valence-electron chi connectivity index (χ2n) is 5.74. The van der Waals surface area contributed by atoms with Crippen LogP contribution in [-0.4, -0.2) is 72.3 Å². The van der Waals surface area contributed by atoms with Crippen LogP contribution in [0.25, 0.3) is 0 Å². The molecule has 0 aromatic rings. The monoisotopic (exact) mass is 284 g/mol. The van der Waals surface area contributed by atoms with Crippen LogP contribution >= 0.6 is 0 Å². The molecule has 0 aromatic heterocycles. The Morgan fingerprint density at radius 2 is 1.95 bits per heavy atom. The van der Waals surface area contributed by atoms with Gasteiger partial charge in [-0.25, -0.2) is 0 Å². The normalized spacial score (nSPS) is 25.8. The van der Waals surface area contributed by atoms with E-state index in [1.165, 1.54) is 0 Å². The Kier molecular flexibility index (Phi) is 6.06. The van der Waals surface area contributed by atoms with Gasteiger partial charge in [-0.05, 0) is 19.3 Å². The molecule has 1 atom stereocenters. The van der Waals surface area contributed by atoms with Gasteiger partial charge in [0.05, 0.1) is 6.04 Å². The molecule has 2 saturated heterocycles. The Morgan fingerprint density at radius 3 is 2.50 bits per heavy atom. The summed E-state index contributed by atoms with van der Waals surface area (Å²) in [5.41, 5.74) is 5.84. The van der Waals surface area contributed by atoms with E-state index in [1.54, 1.807) is 0 Å². The standard InChI is InChI=1S/C14H28N4O2/c1-2-3-13(14(15)16-19)18-8-6-17(7-9-18)12-4-10-20-11-5-12/h12-13,19H,2-11H2,1H3,(H2,15,16). The largest absolute Gasteiger partial charge is 0.409 e. The minimum atomic E-state index is 0.0850. The molecule has 6 heteroatoms. The number of nitrogens with zero attached hydrogens (tertiary/aromatic N) is 3. The number of amidine groups is 1. The zero-order chi connectivity index (χ0) is 14.4. The topological polar surface area (TPSA) is 74.3 Å². The zero-order valence-electron chi connectivity index (χ0n) is 12.5. The summed E-state index contributed by atoms with van der Waals surface area (Å²) in [6.07, 6.45) is 4.30. The van der Waals surface area contributed by atoms with E-state index < -0.39 is 0 Å². The highest BCUT2D eigenvalue weighted by atomic mass is 16.5. The van der Waals surface area contributed by atoms with Crippen molar-refractivity contribution in [2.24, 2.45) is 10.9 Å². The summed E-state index contributed by atoms with van der Waals surface area (Å²) in [6.45, 7) is 8.07. The van der Waals surface area contributed by atoms with Crippen LogP contribution in [0.1, 0.15) is 32.6 Å². The van der Waals surface area contributed by atoms with E-state index in [9.17, 15) is 0 Å².